The molecule has 2 aromatic rings. The van der Waals surface area contributed by atoms with Crippen LogP contribution in [-0.2, 0) is 20.8 Å². The monoisotopic (exact) mass is 330 g/mol. The lowest BCUT2D eigenvalue weighted by atomic mass is 10.0. The van der Waals surface area contributed by atoms with Crippen molar-refractivity contribution >= 4 is 16.9 Å². The first-order chi connectivity index (χ1) is 11.7. The number of rotatable bonds is 3. The summed E-state index contributed by atoms with van der Waals surface area (Å²) in [6.45, 7) is 3.87. The largest absolute Gasteiger partial charge is 0.464 e. The fourth-order valence-corrected chi connectivity index (χ4v) is 3.70. The fourth-order valence-electron chi connectivity index (χ4n) is 3.70. The second-order valence-corrected chi connectivity index (χ2v) is 6.40. The van der Waals surface area contributed by atoms with Crippen LogP contribution in [0.15, 0.2) is 24.3 Å². The van der Waals surface area contributed by atoms with Gasteiger partial charge in [0.1, 0.15) is 5.69 Å². The quantitative estimate of drug-likeness (QED) is 0.875. The Kier molecular flexibility index (Phi) is 4.04. The molecule has 0 radical (unpaired) electrons. The van der Waals surface area contributed by atoms with E-state index in [0.717, 1.165) is 42.4 Å². The Balaban J connectivity index is 1.57. The Bertz CT molecular complexity index is 739. The molecule has 2 saturated heterocycles. The van der Waals surface area contributed by atoms with Crippen LogP contribution >= 0.6 is 0 Å². The number of fused-ring (bicyclic) bond motifs is 1. The van der Waals surface area contributed by atoms with E-state index in [1.54, 1.807) is 0 Å². The van der Waals surface area contributed by atoms with Crippen LogP contribution < -0.4 is 0 Å². The Morgan fingerprint density at radius 3 is 2.67 bits per heavy atom. The van der Waals surface area contributed by atoms with Gasteiger partial charge in [-0.05, 0) is 6.07 Å². The third kappa shape index (κ3) is 2.70. The van der Waals surface area contributed by atoms with Crippen molar-refractivity contribution in [1.29, 1.82) is 0 Å². The molecule has 128 valence electrons. The molecule has 6 nitrogen and oxygen atoms in total. The Morgan fingerprint density at radius 1 is 1.25 bits per heavy atom. The highest BCUT2D eigenvalue weighted by atomic mass is 16.7. The van der Waals surface area contributed by atoms with Crippen molar-refractivity contribution in [2.45, 2.75) is 25.2 Å². The minimum atomic E-state index is -0.373. The standard InChI is InChI=1S/C18H22N2O4/c1-22-17(21)16-14(13-4-2-3-5-15(13)19-16)12-20-8-6-18(7-9-20)23-10-11-24-18/h2-5,19H,6-12H2,1H3. The second kappa shape index (κ2) is 6.20. The van der Waals surface area contributed by atoms with Crippen LogP contribution in [0.4, 0.5) is 0 Å². The molecule has 2 aliphatic heterocycles. The molecule has 0 unspecified atom stereocenters. The molecule has 0 amide bonds. The third-order valence-electron chi connectivity index (χ3n) is 5.02. The molecule has 1 aromatic heterocycles. The number of carbonyl (C=O) groups excluding carboxylic acids is 1. The van der Waals surface area contributed by atoms with Crippen LogP contribution in [0.1, 0.15) is 28.9 Å². The zero-order valence-electron chi connectivity index (χ0n) is 13.8. The van der Waals surface area contributed by atoms with E-state index in [2.05, 4.69) is 9.88 Å². The van der Waals surface area contributed by atoms with E-state index in [0.29, 0.717) is 25.5 Å². The lowest BCUT2D eigenvalue weighted by Crippen LogP contribution is -2.44. The van der Waals surface area contributed by atoms with E-state index in [1.807, 2.05) is 24.3 Å². The van der Waals surface area contributed by atoms with Gasteiger partial charge in [0.2, 0.25) is 0 Å². The van der Waals surface area contributed by atoms with Crippen LogP contribution in [0, 0.1) is 0 Å². The number of nitrogens with zero attached hydrogens (tertiary/aromatic N) is 1. The first-order valence-electron chi connectivity index (χ1n) is 8.39. The van der Waals surface area contributed by atoms with Crippen molar-refractivity contribution in [1.82, 2.24) is 9.88 Å². The molecule has 6 heteroatoms. The molecule has 2 fully saturated rings. The van der Waals surface area contributed by atoms with E-state index in [9.17, 15) is 4.79 Å². The summed E-state index contributed by atoms with van der Waals surface area (Å²) in [4.78, 5) is 17.7. The Labute approximate surface area is 140 Å². The summed E-state index contributed by atoms with van der Waals surface area (Å²) in [6.07, 6.45) is 1.73. The first kappa shape index (κ1) is 15.6. The number of ether oxygens (including phenoxy) is 3. The van der Waals surface area contributed by atoms with Gasteiger partial charge in [0.15, 0.2) is 5.79 Å². The number of piperidine rings is 1. The first-order valence-corrected chi connectivity index (χ1v) is 8.39. The van der Waals surface area contributed by atoms with Crippen molar-refractivity contribution in [3.8, 4) is 0 Å². The Morgan fingerprint density at radius 2 is 1.96 bits per heavy atom. The summed E-state index contributed by atoms with van der Waals surface area (Å²) in [7, 11) is 1.41. The van der Waals surface area contributed by atoms with Crippen molar-refractivity contribution in [2.24, 2.45) is 0 Å². The predicted octanol–water partition coefficient (Wildman–Crippen LogP) is 2.29. The summed E-state index contributed by atoms with van der Waals surface area (Å²) in [6, 6.07) is 7.98. The molecule has 24 heavy (non-hydrogen) atoms. The third-order valence-corrected chi connectivity index (χ3v) is 5.02. The number of hydrogen-bond donors (Lipinski definition) is 1. The lowest BCUT2D eigenvalue weighted by Gasteiger charge is -2.37. The van der Waals surface area contributed by atoms with Gasteiger partial charge in [-0.25, -0.2) is 4.79 Å². The highest BCUT2D eigenvalue weighted by Gasteiger charge is 2.40. The van der Waals surface area contributed by atoms with Crippen molar-refractivity contribution in [2.75, 3.05) is 33.4 Å². The summed E-state index contributed by atoms with van der Waals surface area (Å²) in [5, 5.41) is 1.08. The van der Waals surface area contributed by atoms with E-state index in [1.165, 1.54) is 7.11 Å². The molecule has 4 rings (SSSR count). The molecule has 3 heterocycles. The van der Waals surface area contributed by atoms with Gasteiger partial charge >= 0.3 is 5.97 Å². The van der Waals surface area contributed by atoms with Crippen LogP contribution in [0.3, 0.4) is 0 Å². The topological polar surface area (TPSA) is 63.8 Å². The van der Waals surface area contributed by atoms with Gasteiger partial charge < -0.3 is 19.2 Å². The van der Waals surface area contributed by atoms with Gasteiger partial charge in [-0.15, -0.1) is 0 Å². The van der Waals surface area contributed by atoms with Gasteiger partial charge in [-0.2, -0.15) is 0 Å². The maximum absolute atomic E-state index is 12.1. The highest BCUT2D eigenvalue weighted by Crippen LogP contribution is 2.33. The number of aromatic nitrogens is 1. The lowest BCUT2D eigenvalue weighted by molar-refractivity contribution is -0.185. The number of esters is 1. The maximum atomic E-state index is 12.1. The van der Waals surface area contributed by atoms with E-state index >= 15 is 0 Å². The molecule has 0 bridgehead atoms. The minimum Gasteiger partial charge on any atom is -0.464 e. The van der Waals surface area contributed by atoms with Crippen molar-refractivity contribution in [3.05, 3.63) is 35.5 Å². The van der Waals surface area contributed by atoms with Crippen molar-refractivity contribution in [3.63, 3.8) is 0 Å². The van der Waals surface area contributed by atoms with Gasteiger partial charge in [-0.1, -0.05) is 18.2 Å². The van der Waals surface area contributed by atoms with Crippen molar-refractivity contribution < 1.29 is 19.0 Å². The summed E-state index contributed by atoms with van der Waals surface area (Å²) in [5.41, 5.74) is 2.51. The second-order valence-electron chi connectivity index (χ2n) is 6.40. The number of aromatic amines is 1. The van der Waals surface area contributed by atoms with Gasteiger partial charge in [0, 0.05) is 48.9 Å². The molecular weight excluding hydrogens is 308 g/mol. The van der Waals surface area contributed by atoms with Crippen LogP contribution in [-0.4, -0.2) is 55.1 Å². The normalized spacial score (nSPS) is 20.7. The molecule has 1 aromatic carbocycles. The number of hydrogen-bond acceptors (Lipinski definition) is 5. The number of methoxy groups -OCH3 is 1. The van der Waals surface area contributed by atoms with E-state index in [4.69, 9.17) is 14.2 Å². The highest BCUT2D eigenvalue weighted by molar-refractivity contribution is 5.98. The molecule has 0 saturated carbocycles. The number of H-pyrrole nitrogens is 1. The van der Waals surface area contributed by atoms with Crippen LogP contribution in [0.5, 0.6) is 0 Å². The zero-order valence-corrected chi connectivity index (χ0v) is 13.8. The van der Waals surface area contributed by atoms with Crippen LogP contribution in [0.2, 0.25) is 0 Å². The molecule has 1 spiro atoms. The number of benzene rings is 1. The van der Waals surface area contributed by atoms with E-state index < -0.39 is 0 Å². The predicted molar refractivity (Wildman–Crippen MR) is 88.8 cm³/mol. The molecular formula is C18H22N2O4. The summed E-state index contributed by atoms with van der Waals surface area (Å²) < 4.78 is 16.5. The Hall–Kier alpha value is -1.89. The number of carbonyl (C=O) groups is 1. The van der Waals surface area contributed by atoms with Crippen LogP contribution in [0.25, 0.3) is 10.9 Å². The average molecular weight is 330 g/mol. The SMILES string of the molecule is COC(=O)c1[nH]c2ccccc2c1CN1CCC2(CC1)OCCO2. The summed E-state index contributed by atoms with van der Waals surface area (Å²) >= 11 is 0. The molecule has 0 atom stereocenters. The van der Waals surface area contributed by atoms with Gasteiger partial charge in [0.25, 0.3) is 0 Å². The number of nitrogens with one attached hydrogen (secondary N) is 1. The molecule has 2 aliphatic rings. The van der Waals surface area contributed by atoms with Gasteiger partial charge in [-0.3, -0.25) is 4.90 Å². The minimum absolute atomic E-state index is 0.322. The van der Waals surface area contributed by atoms with Gasteiger partial charge in [0.05, 0.1) is 20.3 Å². The number of para-hydroxylation sites is 1. The fraction of sp³-hybridized carbons (Fsp3) is 0.500. The number of likely N-dealkylation sites (tertiary alicyclic amines) is 1. The maximum Gasteiger partial charge on any atom is 0.354 e. The summed E-state index contributed by atoms with van der Waals surface area (Å²) in [5.74, 6) is -0.695. The smallest absolute Gasteiger partial charge is 0.354 e. The molecule has 1 N–H and O–H groups in total. The zero-order chi connectivity index (χ0) is 16.6. The van der Waals surface area contributed by atoms with E-state index in [-0.39, 0.29) is 11.8 Å². The average Bonchev–Trinajstić information content (AvgIpc) is 3.22. The molecule has 0 aliphatic carbocycles.